The number of carbonyl (C=O) groups is 1. The van der Waals surface area contributed by atoms with Gasteiger partial charge in [-0.1, -0.05) is 6.92 Å². The van der Waals surface area contributed by atoms with Crippen LogP contribution in [0.3, 0.4) is 0 Å². The van der Waals surface area contributed by atoms with E-state index in [-0.39, 0.29) is 36.6 Å². The van der Waals surface area contributed by atoms with Crippen molar-refractivity contribution in [2.45, 2.75) is 32.7 Å². The Morgan fingerprint density at radius 1 is 1.30 bits per heavy atom. The molecule has 0 aliphatic carbocycles. The molecule has 0 saturated carbocycles. The normalized spacial score (nSPS) is 21.3. The average molecular weight is 306 g/mol. The number of aliphatic hydroxyl groups excluding tert-OH is 1. The lowest BCUT2D eigenvalue weighted by Crippen LogP contribution is -2.46. The Balaban J connectivity index is 2.62. The van der Waals surface area contributed by atoms with Crippen LogP contribution in [-0.4, -0.2) is 79.6 Å². The molecule has 1 heterocycles. The molecule has 118 valence electrons. The fourth-order valence-electron chi connectivity index (χ4n) is 2.67. The fourth-order valence-corrected chi connectivity index (χ4v) is 4.40. The van der Waals surface area contributed by atoms with Crippen LogP contribution in [0.4, 0.5) is 0 Å². The molecule has 6 nitrogen and oxygen atoms in total. The van der Waals surface area contributed by atoms with Crippen molar-refractivity contribution in [1.29, 1.82) is 0 Å². The standard InChI is InChI=1S/C13H26N2O4S/c1-3-6-14(7-8-16)10-13(17)15(4-2)12-5-9-20(18,19)11-12/h12,16H,3-11H2,1-2H3. The zero-order valence-corrected chi connectivity index (χ0v) is 13.2. The maximum absolute atomic E-state index is 12.3. The van der Waals surface area contributed by atoms with Gasteiger partial charge >= 0.3 is 0 Å². The first-order valence-electron chi connectivity index (χ1n) is 7.26. The maximum atomic E-state index is 12.3. The molecule has 1 unspecified atom stereocenters. The van der Waals surface area contributed by atoms with Gasteiger partial charge in [0.15, 0.2) is 9.84 Å². The van der Waals surface area contributed by atoms with Crippen LogP contribution in [0.1, 0.15) is 26.7 Å². The lowest BCUT2D eigenvalue weighted by Gasteiger charge is -2.30. The molecule has 0 aromatic carbocycles. The van der Waals surface area contributed by atoms with Gasteiger partial charge in [-0.25, -0.2) is 8.42 Å². The third-order valence-corrected chi connectivity index (χ3v) is 5.38. The number of carbonyl (C=O) groups excluding carboxylic acids is 1. The first kappa shape index (κ1) is 17.4. The van der Waals surface area contributed by atoms with Crippen LogP contribution in [0.25, 0.3) is 0 Å². The van der Waals surface area contributed by atoms with Gasteiger partial charge < -0.3 is 10.0 Å². The highest BCUT2D eigenvalue weighted by molar-refractivity contribution is 7.91. The van der Waals surface area contributed by atoms with Crippen molar-refractivity contribution in [1.82, 2.24) is 9.80 Å². The summed E-state index contributed by atoms with van der Waals surface area (Å²) in [5.41, 5.74) is 0. The van der Waals surface area contributed by atoms with Crippen molar-refractivity contribution < 1.29 is 18.3 Å². The second-order valence-corrected chi connectivity index (χ2v) is 7.47. The Bertz CT molecular complexity index is 405. The van der Waals surface area contributed by atoms with Crippen LogP contribution >= 0.6 is 0 Å². The lowest BCUT2D eigenvalue weighted by atomic mass is 10.2. The van der Waals surface area contributed by atoms with E-state index in [1.807, 2.05) is 18.7 Å². The predicted octanol–water partition coefficient (Wildman–Crippen LogP) is -0.274. The molecule has 1 aliphatic rings. The van der Waals surface area contributed by atoms with Gasteiger partial charge in [0, 0.05) is 19.1 Å². The number of hydrogen-bond donors (Lipinski definition) is 1. The summed E-state index contributed by atoms with van der Waals surface area (Å²) < 4.78 is 23.1. The molecule has 0 bridgehead atoms. The summed E-state index contributed by atoms with van der Waals surface area (Å²) in [6, 6.07) is -0.185. The van der Waals surface area contributed by atoms with Gasteiger partial charge in [-0.15, -0.1) is 0 Å². The SMILES string of the molecule is CCCN(CCO)CC(=O)N(CC)C1CCS(=O)(=O)C1. The van der Waals surface area contributed by atoms with Gasteiger partial charge in [-0.2, -0.15) is 0 Å². The van der Waals surface area contributed by atoms with Gasteiger partial charge in [-0.3, -0.25) is 9.69 Å². The fraction of sp³-hybridized carbons (Fsp3) is 0.923. The number of sulfone groups is 1. The summed E-state index contributed by atoms with van der Waals surface area (Å²) in [6.45, 7) is 5.93. The molecule has 1 amide bonds. The smallest absolute Gasteiger partial charge is 0.237 e. The van der Waals surface area contributed by atoms with Crippen LogP contribution < -0.4 is 0 Å². The maximum Gasteiger partial charge on any atom is 0.237 e. The average Bonchev–Trinajstić information content (AvgIpc) is 2.71. The Hall–Kier alpha value is -0.660. The molecular formula is C13H26N2O4S. The monoisotopic (exact) mass is 306 g/mol. The minimum absolute atomic E-state index is 0.0250. The number of hydrogen-bond acceptors (Lipinski definition) is 5. The van der Waals surface area contributed by atoms with Gasteiger partial charge in [0.1, 0.15) is 0 Å². The first-order valence-corrected chi connectivity index (χ1v) is 9.08. The highest BCUT2D eigenvalue weighted by Gasteiger charge is 2.34. The van der Waals surface area contributed by atoms with Crippen molar-refractivity contribution in [3.63, 3.8) is 0 Å². The Morgan fingerprint density at radius 2 is 2.00 bits per heavy atom. The third-order valence-electron chi connectivity index (χ3n) is 3.63. The molecule has 0 aromatic rings. The quantitative estimate of drug-likeness (QED) is 0.668. The summed E-state index contributed by atoms with van der Waals surface area (Å²) >= 11 is 0. The van der Waals surface area contributed by atoms with Crippen molar-refractivity contribution in [3.8, 4) is 0 Å². The molecule has 0 spiro atoms. The van der Waals surface area contributed by atoms with E-state index in [9.17, 15) is 13.2 Å². The summed E-state index contributed by atoms with van der Waals surface area (Å²) in [5, 5.41) is 9.01. The van der Waals surface area contributed by atoms with Gasteiger partial charge in [0.2, 0.25) is 5.91 Å². The number of nitrogens with zero attached hydrogens (tertiary/aromatic N) is 2. The molecule has 1 aliphatic heterocycles. The van der Waals surface area contributed by atoms with Crippen molar-refractivity contribution in [2.75, 3.05) is 44.3 Å². The Labute approximate surface area is 121 Å². The predicted molar refractivity (Wildman–Crippen MR) is 78.3 cm³/mol. The van der Waals surface area contributed by atoms with Crippen LogP contribution in [0.15, 0.2) is 0 Å². The number of likely N-dealkylation sites (N-methyl/N-ethyl adjacent to an activating group) is 1. The highest BCUT2D eigenvalue weighted by Crippen LogP contribution is 2.18. The first-order chi connectivity index (χ1) is 9.43. The Morgan fingerprint density at radius 3 is 2.45 bits per heavy atom. The van der Waals surface area contributed by atoms with E-state index in [1.165, 1.54) is 0 Å². The van der Waals surface area contributed by atoms with E-state index in [0.29, 0.717) is 19.5 Å². The van der Waals surface area contributed by atoms with Gasteiger partial charge in [0.25, 0.3) is 0 Å². The second-order valence-electron chi connectivity index (χ2n) is 5.24. The highest BCUT2D eigenvalue weighted by atomic mass is 32.2. The second kappa shape index (κ2) is 7.95. The van der Waals surface area contributed by atoms with Crippen LogP contribution in [-0.2, 0) is 14.6 Å². The zero-order valence-electron chi connectivity index (χ0n) is 12.4. The van der Waals surface area contributed by atoms with Crippen molar-refractivity contribution >= 4 is 15.7 Å². The van der Waals surface area contributed by atoms with E-state index in [1.54, 1.807) is 4.90 Å². The molecule has 0 radical (unpaired) electrons. The zero-order chi connectivity index (χ0) is 15.2. The molecule has 7 heteroatoms. The number of aliphatic hydroxyl groups is 1. The van der Waals surface area contributed by atoms with E-state index in [0.717, 1.165) is 13.0 Å². The number of amides is 1. The van der Waals surface area contributed by atoms with Gasteiger partial charge in [-0.05, 0) is 26.3 Å². The lowest BCUT2D eigenvalue weighted by molar-refractivity contribution is -0.134. The van der Waals surface area contributed by atoms with Crippen LogP contribution in [0.2, 0.25) is 0 Å². The van der Waals surface area contributed by atoms with E-state index in [4.69, 9.17) is 5.11 Å². The largest absolute Gasteiger partial charge is 0.395 e. The molecule has 1 atom stereocenters. The minimum atomic E-state index is -2.98. The summed E-state index contributed by atoms with van der Waals surface area (Å²) in [7, 11) is -2.98. The van der Waals surface area contributed by atoms with Gasteiger partial charge in [0.05, 0.1) is 24.7 Å². The molecule has 1 rings (SSSR count). The molecular weight excluding hydrogens is 280 g/mol. The minimum Gasteiger partial charge on any atom is -0.395 e. The summed E-state index contributed by atoms with van der Waals surface area (Å²) in [5.74, 6) is 0.216. The molecule has 1 N–H and O–H groups in total. The third kappa shape index (κ3) is 5.03. The summed E-state index contributed by atoms with van der Waals surface area (Å²) in [4.78, 5) is 15.9. The molecule has 20 heavy (non-hydrogen) atoms. The van der Waals surface area contributed by atoms with Crippen molar-refractivity contribution in [3.05, 3.63) is 0 Å². The topological polar surface area (TPSA) is 77.9 Å². The van der Waals surface area contributed by atoms with Crippen LogP contribution in [0.5, 0.6) is 0 Å². The van der Waals surface area contributed by atoms with Crippen LogP contribution in [0, 0.1) is 0 Å². The number of rotatable bonds is 8. The molecule has 1 fully saturated rings. The van der Waals surface area contributed by atoms with E-state index in [2.05, 4.69) is 0 Å². The Kier molecular flexibility index (Phi) is 6.91. The van der Waals surface area contributed by atoms with E-state index >= 15 is 0 Å². The summed E-state index contributed by atoms with van der Waals surface area (Å²) in [6.07, 6.45) is 1.45. The molecule has 0 aromatic heterocycles. The molecule has 1 saturated heterocycles. The van der Waals surface area contributed by atoms with E-state index < -0.39 is 9.84 Å². The van der Waals surface area contributed by atoms with Crippen molar-refractivity contribution in [2.24, 2.45) is 0 Å².